The zero-order valence-electron chi connectivity index (χ0n) is 7.58. The molecule has 0 saturated carbocycles. The number of rotatable bonds is 3. The van der Waals surface area contributed by atoms with Gasteiger partial charge in [-0.15, -0.1) is 0 Å². The maximum absolute atomic E-state index is 13.3. The molecule has 16 heavy (non-hydrogen) atoms. The molecule has 1 aromatic carbocycles. The Morgan fingerprint density at radius 2 is 2.12 bits per heavy atom. The Bertz CT molecular complexity index is 492. The molecule has 0 unspecified atom stereocenters. The maximum atomic E-state index is 13.3. The van der Waals surface area contributed by atoms with E-state index < -0.39 is 11.6 Å². The lowest BCUT2D eigenvalue weighted by Crippen LogP contribution is -1.90. The lowest BCUT2D eigenvalue weighted by atomic mass is 10.3. The number of benzene rings is 1. The van der Waals surface area contributed by atoms with Crippen LogP contribution < -0.4 is 4.72 Å². The lowest BCUT2D eigenvalue weighted by molar-refractivity contribution is 0.566. The van der Waals surface area contributed by atoms with E-state index in [1.54, 1.807) is 0 Å². The van der Waals surface area contributed by atoms with Crippen LogP contribution in [0.1, 0.15) is 0 Å². The third-order valence-corrected chi connectivity index (χ3v) is 3.41. The zero-order chi connectivity index (χ0) is 11.5. The van der Waals surface area contributed by atoms with Crippen molar-refractivity contribution in [3.63, 3.8) is 0 Å². The van der Waals surface area contributed by atoms with Crippen LogP contribution in [0.25, 0.3) is 0 Å². The molecule has 0 spiro atoms. The van der Waals surface area contributed by atoms with Crippen molar-refractivity contribution in [1.29, 1.82) is 0 Å². The van der Waals surface area contributed by atoms with Gasteiger partial charge in [-0.2, -0.15) is 4.37 Å². The van der Waals surface area contributed by atoms with Gasteiger partial charge in [0.2, 0.25) is 5.13 Å². The van der Waals surface area contributed by atoms with Crippen LogP contribution in [0.2, 0.25) is 5.02 Å². The van der Waals surface area contributed by atoms with E-state index in [1.807, 2.05) is 0 Å². The molecule has 3 nitrogen and oxygen atoms in total. The van der Waals surface area contributed by atoms with Crippen molar-refractivity contribution in [1.82, 2.24) is 9.36 Å². The Morgan fingerprint density at radius 3 is 2.81 bits per heavy atom. The van der Waals surface area contributed by atoms with E-state index in [1.165, 1.54) is 12.4 Å². The summed E-state index contributed by atoms with van der Waals surface area (Å²) in [5.41, 5.74) is 0. The second-order valence-electron chi connectivity index (χ2n) is 2.65. The fraction of sp³-hybridized carbons (Fsp3) is 0. The summed E-state index contributed by atoms with van der Waals surface area (Å²) in [6.45, 7) is 0. The topological polar surface area (TPSA) is 37.8 Å². The molecule has 8 heteroatoms. The van der Waals surface area contributed by atoms with Gasteiger partial charge in [-0.1, -0.05) is 11.6 Å². The van der Waals surface area contributed by atoms with E-state index in [4.69, 9.17) is 11.6 Å². The summed E-state index contributed by atoms with van der Waals surface area (Å²) in [4.78, 5) is 4.04. The molecule has 0 amide bonds. The highest BCUT2D eigenvalue weighted by molar-refractivity contribution is 8.00. The van der Waals surface area contributed by atoms with Crippen LogP contribution in [-0.4, -0.2) is 9.36 Å². The summed E-state index contributed by atoms with van der Waals surface area (Å²) in [6.07, 6.45) is 1.38. The molecular formula is C8H4ClF2N3S2. The van der Waals surface area contributed by atoms with E-state index in [-0.39, 0.29) is 9.92 Å². The Morgan fingerprint density at radius 1 is 1.31 bits per heavy atom. The van der Waals surface area contributed by atoms with E-state index in [0.717, 1.165) is 29.5 Å². The summed E-state index contributed by atoms with van der Waals surface area (Å²) in [6, 6.07) is 1.96. The molecule has 84 valence electrons. The molecule has 0 aliphatic rings. The smallest absolute Gasteiger partial charge is 0.212 e. The monoisotopic (exact) mass is 279 g/mol. The third kappa shape index (κ3) is 2.60. The van der Waals surface area contributed by atoms with Gasteiger partial charge in [0.1, 0.15) is 18.0 Å². The number of nitrogens with one attached hydrogen (secondary N) is 1. The normalized spacial score (nSPS) is 10.4. The van der Waals surface area contributed by atoms with Crippen molar-refractivity contribution >= 4 is 40.2 Å². The molecule has 1 N–H and O–H groups in total. The van der Waals surface area contributed by atoms with Crippen LogP contribution >= 0.6 is 35.1 Å². The Labute approximate surface area is 103 Å². The molecule has 0 bridgehead atoms. The van der Waals surface area contributed by atoms with Gasteiger partial charge >= 0.3 is 0 Å². The molecule has 0 radical (unpaired) electrons. The largest absolute Gasteiger partial charge is 0.300 e. The van der Waals surface area contributed by atoms with Crippen LogP contribution in [0, 0.1) is 11.6 Å². The summed E-state index contributed by atoms with van der Waals surface area (Å²) in [7, 11) is 0. The Hall–Kier alpha value is -0.920. The first-order chi connectivity index (χ1) is 7.66. The lowest BCUT2D eigenvalue weighted by Gasteiger charge is -2.04. The van der Waals surface area contributed by atoms with Crippen molar-refractivity contribution < 1.29 is 8.78 Å². The van der Waals surface area contributed by atoms with Gasteiger partial charge in [-0.25, -0.2) is 13.8 Å². The average molecular weight is 280 g/mol. The number of nitrogens with zero attached hydrogens (tertiary/aromatic N) is 2. The number of halogens is 3. The summed E-state index contributed by atoms with van der Waals surface area (Å²) in [5.74, 6) is -1.46. The molecule has 0 saturated heterocycles. The zero-order valence-corrected chi connectivity index (χ0v) is 9.97. The second kappa shape index (κ2) is 4.94. The minimum Gasteiger partial charge on any atom is -0.300 e. The van der Waals surface area contributed by atoms with Gasteiger partial charge < -0.3 is 4.72 Å². The van der Waals surface area contributed by atoms with Crippen molar-refractivity contribution in [2.75, 3.05) is 4.72 Å². The van der Waals surface area contributed by atoms with Crippen molar-refractivity contribution in [2.24, 2.45) is 0 Å². The van der Waals surface area contributed by atoms with Crippen LogP contribution in [0.15, 0.2) is 23.4 Å². The summed E-state index contributed by atoms with van der Waals surface area (Å²) in [5, 5.41) is 0.410. The molecule has 1 aromatic heterocycles. The fourth-order valence-electron chi connectivity index (χ4n) is 0.899. The van der Waals surface area contributed by atoms with Crippen molar-refractivity contribution in [3.05, 3.63) is 35.1 Å². The quantitative estimate of drug-likeness (QED) is 0.688. The van der Waals surface area contributed by atoms with E-state index in [2.05, 4.69) is 14.1 Å². The Balaban J connectivity index is 2.12. The van der Waals surface area contributed by atoms with E-state index >= 15 is 0 Å². The SMILES string of the molecule is Fc1cc(F)c(SNc2ncns2)cc1Cl. The van der Waals surface area contributed by atoms with Crippen molar-refractivity contribution in [2.45, 2.75) is 4.90 Å². The first-order valence-electron chi connectivity index (χ1n) is 4.01. The first-order valence-corrected chi connectivity index (χ1v) is 5.97. The van der Waals surface area contributed by atoms with Gasteiger partial charge in [0.25, 0.3) is 0 Å². The molecule has 0 atom stereocenters. The van der Waals surface area contributed by atoms with Gasteiger partial charge in [0, 0.05) is 17.6 Å². The summed E-state index contributed by atoms with van der Waals surface area (Å²) >= 11 is 7.63. The third-order valence-electron chi connectivity index (χ3n) is 1.58. The highest BCUT2D eigenvalue weighted by Crippen LogP contribution is 2.28. The minimum absolute atomic E-state index is 0.122. The van der Waals surface area contributed by atoms with Crippen LogP contribution in [0.4, 0.5) is 13.9 Å². The number of aromatic nitrogens is 2. The number of hydrogen-bond acceptors (Lipinski definition) is 5. The number of hydrogen-bond donors (Lipinski definition) is 1. The molecule has 0 aliphatic carbocycles. The minimum atomic E-state index is -0.778. The Kier molecular flexibility index (Phi) is 3.57. The maximum Gasteiger partial charge on any atom is 0.212 e. The molecular weight excluding hydrogens is 276 g/mol. The van der Waals surface area contributed by atoms with Gasteiger partial charge in [0.05, 0.1) is 9.92 Å². The standard InChI is InChI=1S/C8H4ClF2N3S2/c9-4-1-7(6(11)2-5(4)10)15-14-8-12-3-13-16-8/h1-3H,(H,12,13,14). The van der Waals surface area contributed by atoms with Crippen molar-refractivity contribution in [3.8, 4) is 0 Å². The van der Waals surface area contributed by atoms with Crippen LogP contribution in [0.5, 0.6) is 0 Å². The van der Waals surface area contributed by atoms with Gasteiger partial charge in [-0.05, 0) is 18.0 Å². The number of anilines is 1. The predicted octanol–water partition coefficient (Wildman–Crippen LogP) is 3.59. The predicted molar refractivity (Wildman–Crippen MR) is 60.8 cm³/mol. The fourth-order valence-corrected chi connectivity index (χ4v) is 2.27. The van der Waals surface area contributed by atoms with Crippen LogP contribution in [-0.2, 0) is 0 Å². The molecule has 0 aliphatic heterocycles. The molecule has 2 rings (SSSR count). The molecule has 2 aromatic rings. The van der Waals surface area contributed by atoms with Crippen LogP contribution in [0.3, 0.4) is 0 Å². The molecule has 1 heterocycles. The van der Waals surface area contributed by atoms with E-state index in [9.17, 15) is 8.78 Å². The highest BCUT2D eigenvalue weighted by atomic mass is 35.5. The van der Waals surface area contributed by atoms with E-state index in [0.29, 0.717) is 5.13 Å². The highest BCUT2D eigenvalue weighted by Gasteiger charge is 2.09. The van der Waals surface area contributed by atoms with Gasteiger partial charge in [0.15, 0.2) is 0 Å². The molecule has 0 fully saturated rings. The summed E-state index contributed by atoms with van der Waals surface area (Å²) < 4.78 is 32.7. The van der Waals surface area contributed by atoms with Gasteiger partial charge in [-0.3, -0.25) is 0 Å². The average Bonchev–Trinajstić information content (AvgIpc) is 2.74. The first kappa shape index (κ1) is 11.6. The second-order valence-corrected chi connectivity index (χ2v) is 4.68.